The Balaban J connectivity index is 0.00000450. The van der Waals surface area contributed by atoms with Crippen molar-refractivity contribution >= 4 is 47.2 Å². The molecule has 166 valence electrons. The van der Waals surface area contributed by atoms with Gasteiger partial charge < -0.3 is 20.1 Å². The van der Waals surface area contributed by atoms with Crippen LogP contribution in [-0.2, 0) is 4.74 Å². The highest BCUT2D eigenvalue weighted by Gasteiger charge is 2.20. The molecular formula is C21H31IN4O3S. The number of nitrogens with one attached hydrogen (secondary N) is 2. The van der Waals surface area contributed by atoms with Gasteiger partial charge in [0, 0.05) is 7.05 Å². The SMILES string of the molecule is CCOC(=O)c1sc(C(C)NC(=NC)NCC(C)Oc2ccc(C)cc2)nc1C.I. The summed E-state index contributed by atoms with van der Waals surface area (Å²) in [7, 11) is 1.71. The Bertz CT molecular complexity index is 839. The van der Waals surface area contributed by atoms with E-state index in [1.54, 1.807) is 14.0 Å². The molecule has 0 radical (unpaired) electrons. The van der Waals surface area contributed by atoms with E-state index < -0.39 is 0 Å². The van der Waals surface area contributed by atoms with Crippen LogP contribution < -0.4 is 15.4 Å². The number of carbonyl (C=O) groups excluding carboxylic acids is 1. The van der Waals surface area contributed by atoms with Crippen molar-refractivity contribution in [1.82, 2.24) is 15.6 Å². The second kappa shape index (κ2) is 12.7. The van der Waals surface area contributed by atoms with Gasteiger partial charge in [-0.2, -0.15) is 0 Å². The van der Waals surface area contributed by atoms with Gasteiger partial charge in [-0.25, -0.2) is 9.78 Å². The maximum absolute atomic E-state index is 12.0. The molecule has 0 aliphatic heterocycles. The number of ether oxygens (including phenoxy) is 2. The minimum absolute atomic E-state index is 0. The van der Waals surface area contributed by atoms with E-state index in [4.69, 9.17) is 9.47 Å². The Morgan fingerprint density at radius 2 is 1.90 bits per heavy atom. The summed E-state index contributed by atoms with van der Waals surface area (Å²) >= 11 is 1.34. The van der Waals surface area contributed by atoms with E-state index >= 15 is 0 Å². The minimum atomic E-state index is -0.328. The van der Waals surface area contributed by atoms with Crippen LogP contribution in [0.1, 0.15) is 52.7 Å². The van der Waals surface area contributed by atoms with Gasteiger partial charge >= 0.3 is 5.97 Å². The van der Waals surface area contributed by atoms with Crippen LogP contribution in [0.3, 0.4) is 0 Å². The van der Waals surface area contributed by atoms with Gasteiger partial charge in [-0.3, -0.25) is 4.99 Å². The molecule has 2 unspecified atom stereocenters. The number of nitrogens with zero attached hydrogens (tertiary/aromatic N) is 2. The first-order chi connectivity index (χ1) is 13.8. The van der Waals surface area contributed by atoms with E-state index in [9.17, 15) is 4.79 Å². The third-order valence-electron chi connectivity index (χ3n) is 4.14. The summed E-state index contributed by atoms with van der Waals surface area (Å²) in [4.78, 5) is 21.3. The van der Waals surface area contributed by atoms with E-state index in [2.05, 4.69) is 20.6 Å². The molecular weight excluding hydrogens is 515 g/mol. The fourth-order valence-corrected chi connectivity index (χ4v) is 3.54. The van der Waals surface area contributed by atoms with Crippen molar-refractivity contribution in [2.75, 3.05) is 20.2 Å². The molecule has 1 aromatic carbocycles. The van der Waals surface area contributed by atoms with Gasteiger partial charge in [-0.15, -0.1) is 35.3 Å². The summed E-state index contributed by atoms with van der Waals surface area (Å²) in [5.74, 6) is 1.15. The number of hydrogen-bond donors (Lipinski definition) is 2. The lowest BCUT2D eigenvalue weighted by atomic mass is 10.2. The zero-order valence-electron chi connectivity index (χ0n) is 18.3. The fourth-order valence-electron chi connectivity index (χ4n) is 2.58. The summed E-state index contributed by atoms with van der Waals surface area (Å²) in [5.41, 5.74) is 1.88. The molecule has 0 amide bonds. The lowest BCUT2D eigenvalue weighted by Crippen LogP contribution is -2.42. The van der Waals surface area contributed by atoms with Crippen LogP contribution in [0.4, 0.5) is 0 Å². The smallest absolute Gasteiger partial charge is 0.350 e. The van der Waals surface area contributed by atoms with Crippen molar-refractivity contribution in [1.29, 1.82) is 0 Å². The zero-order valence-corrected chi connectivity index (χ0v) is 21.5. The molecule has 0 aliphatic carbocycles. The van der Waals surface area contributed by atoms with Gasteiger partial charge in [-0.05, 0) is 46.8 Å². The summed E-state index contributed by atoms with van der Waals surface area (Å²) < 4.78 is 11.0. The summed E-state index contributed by atoms with van der Waals surface area (Å²) in [6.45, 7) is 10.6. The molecule has 2 atom stereocenters. The standard InChI is InChI=1S/C21H30N4O3S.HI/c1-7-27-20(26)18-15(4)24-19(29-18)16(5)25-21(22-6)23-12-14(3)28-17-10-8-13(2)9-11-17;/h8-11,14,16H,7,12H2,1-6H3,(H2,22,23,25);1H. The van der Waals surface area contributed by atoms with Crippen LogP contribution in [0.2, 0.25) is 0 Å². The zero-order chi connectivity index (χ0) is 21.4. The normalized spacial score (nSPS) is 13.1. The predicted molar refractivity (Wildman–Crippen MR) is 132 cm³/mol. The molecule has 2 N–H and O–H groups in total. The first-order valence-electron chi connectivity index (χ1n) is 9.69. The van der Waals surface area contributed by atoms with Crippen LogP contribution in [0.25, 0.3) is 0 Å². The van der Waals surface area contributed by atoms with Crippen molar-refractivity contribution in [2.24, 2.45) is 4.99 Å². The third-order valence-corrected chi connectivity index (χ3v) is 5.46. The van der Waals surface area contributed by atoms with E-state index in [1.807, 2.05) is 52.0 Å². The predicted octanol–water partition coefficient (Wildman–Crippen LogP) is 4.25. The highest BCUT2D eigenvalue weighted by Crippen LogP contribution is 2.24. The Labute approximate surface area is 199 Å². The van der Waals surface area contributed by atoms with Gasteiger partial charge in [0.25, 0.3) is 0 Å². The highest BCUT2D eigenvalue weighted by atomic mass is 127. The molecule has 0 saturated carbocycles. The minimum Gasteiger partial charge on any atom is -0.489 e. The number of aromatic nitrogens is 1. The highest BCUT2D eigenvalue weighted by molar-refractivity contribution is 14.0. The number of benzene rings is 1. The average molecular weight is 546 g/mol. The van der Waals surface area contributed by atoms with Crippen molar-refractivity contribution in [3.8, 4) is 5.75 Å². The molecule has 9 heteroatoms. The van der Waals surface area contributed by atoms with E-state index in [1.165, 1.54) is 16.9 Å². The van der Waals surface area contributed by atoms with Crippen LogP contribution in [-0.4, -0.2) is 43.2 Å². The van der Waals surface area contributed by atoms with Crippen molar-refractivity contribution in [2.45, 2.75) is 46.8 Å². The third kappa shape index (κ3) is 7.75. The maximum Gasteiger partial charge on any atom is 0.350 e. The van der Waals surface area contributed by atoms with Gasteiger partial charge in [0.15, 0.2) is 5.96 Å². The lowest BCUT2D eigenvalue weighted by Gasteiger charge is -2.19. The molecule has 0 spiro atoms. The van der Waals surface area contributed by atoms with E-state index in [0.29, 0.717) is 29.7 Å². The average Bonchev–Trinajstić information content (AvgIpc) is 3.09. The Morgan fingerprint density at radius 3 is 2.50 bits per heavy atom. The van der Waals surface area contributed by atoms with E-state index in [0.717, 1.165) is 10.8 Å². The first-order valence-corrected chi connectivity index (χ1v) is 10.5. The number of aryl methyl sites for hydroxylation is 2. The van der Waals surface area contributed by atoms with Crippen LogP contribution >= 0.6 is 35.3 Å². The van der Waals surface area contributed by atoms with Crippen molar-refractivity contribution < 1.29 is 14.3 Å². The van der Waals surface area contributed by atoms with Crippen LogP contribution in [0.15, 0.2) is 29.3 Å². The molecule has 0 saturated heterocycles. The monoisotopic (exact) mass is 546 g/mol. The maximum atomic E-state index is 12.0. The molecule has 30 heavy (non-hydrogen) atoms. The number of carbonyl (C=O) groups is 1. The summed E-state index contributed by atoms with van der Waals surface area (Å²) in [5, 5.41) is 7.37. The second-order valence-electron chi connectivity index (χ2n) is 6.75. The molecule has 1 heterocycles. The number of aliphatic imine (C=N–C) groups is 1. The summed E-state index contributed by atoms with van der Waals surface area (Å²) in [6, 6.07) is 7.87. The van der Waals surface area contributed by atoms with E-state index in [-0.39, 0.29) is 42.1 Å². The Hall–Kier alpha value is -1.88. The Morgan fingerprint density at radius 1 is 1.23 bits per heavy atom. The van der Waals surface area contributed by atoms with Gasteiger partial charge in [-0.1, -0.05) is 17.7 Å². The molecule has 2 aromatic rings. The van der Waals surface area contributed by atoms with Gasteiger partial charge in [0.2, 0.25) is 0 Å². The first kappa shape index (κ1) is 26.2. The number of rotatable bonds is 8. The number of halogens is 1. The molecule has 0 bridgehead atoms. The number of guanidine groups is 1. The van der Waals surface area contributed by atoms with Crippen molar-refractivity contribution in [3.63, 3.8) is 0 Å². The number of esters is 1. The lowest BCUT2D eigenvalue weighted by molar-refractivity contribution is 0.0531. The Kier molecular flexibility index (Phi) is 11.1. The molecule has 0 fully saturated rings. The summed E-state index contributed by atoms with van der Waals surface area (Å²) in [6.07, 6.45) is -0.0379. The molecule has 0 aliphatic rings. The molecule has 2 rings (SSSR count). The largest absolute Gasteiger partial charge is 0.489 e. The van der Waals surface area contributed by atoms with Gasteiger partial charge in [0.05, 0.1) is 24.9 Å². The quantitative estimate of drug-likeness (QED) is 0.223. The van der Waals surface area contributed by atoms with Crippen LogP contribution in [0, 0.1) is 13.8 Å². The molecule has 7 nitrogen and oxygen atoms in total. The molecule has 1 aromatic heterocycles. The number of hydrogen-bond acceptors (Lipinski definition) is 6. The van der Waals surface area contributed by atoms with Crippen LogP contribution in [0.5, 0.6) is 5.75 Å². The van der Waals surface area contributed by atoms with Gasteiger partial charge in [0.1, 0.15) is 21.7 Å². The second-order valence-corrected chi connectivity index (χ2v) is 7.78. The number of thiazole rings is 1. The topological polar surface area (TPSA) is 84.8 Å². The fraction of sp³-hybridized carbons (Fsp3) is 0.476. The van der Waals surface area contributed by atoms with Crippen molar-refractivity contribution in [3.05, 3.63) is 45.4 Å².